The van der Waals surface area contributed by atoms with Crippen LogP contribution in [0.2, 0.25) is 0 Å². The van der Waals surface area contributed by atoms with Crippen LogP contribution in [0.1, 0.15) is 19.8 Å². The molecule has 0 aliphatic carbocycles. The summed E-state index contributed by atoms with van der Waals surface area (Å²) in [4.78, 5) is 10.9. The lowest BCUT2D eigenvalue weighted by Gasteiger charge is -2.26. The van der Waals surface area contributed by atoms with Crippen molar-refractivity contribution in [2.45, 2.75) is 19.8 Å². The van der Waals surface area contributed by atoms with E-state index in [9.17, 15) is 4.79 Å². The van der Waals surface area contributed by atoms with E-state index in [4.69, 9.17) is 0 Å². The first-order valence-electron chi connectivity index (χ1n) is 4.50. The third-order valence-electron chi connectivity index (χ3n) is 2.34. The van der Waals surface area contributed by atoms with E-state index in [-0.39, 0.29) is 5.97 Å². The van der Waals surface area contributed by atoms with E-state index in [1.54, 1.807) is 0 Å². The van der Waals surface area contributed by atoms with Crippen LogP contribution in [-0.2, 0) is 9.53 Å². The summed E-state index contributed by atoms with van der Waals surface area (Å²) in [6.07, 6.45) is 1.70. The third-order valence-corrected chi connectivity index (χ3v) is 2.34. The van der Waals surface area contributed by atoms with Crippen molar-refractivity contribution in [3.63, 3.8) is 0 Å². The summed E-state index contributed by atoms with van der Waals surface area (Å²) in [5.41, 5.74) is 0. The molecule has 1 aliphatic rings. The second kappa shape index (κ2) is 4.45. The van der Waals surface area contributed by atoms with Crippen LogP contribution in [0.5, 0.6) is 0 Å². The van der Waals surface area contributed by atoms with Crippen LogP contribution in [-0.4, -0.2) is 26.2 Å². The molecule has 12 heavy (non-hydrogen) atoms. The Morgan fingerprint density at radius 2 is 2.33 bits per heavy atom. The second-order valence-corrected chi connectivity index (χ2v) is 3.65. The van der Waals surface area contributed by atoms with Crippen LogP contribution >= 0.6 is 0 Å². The van der Waals surface area contributed by atoms with Gasteiger partial charge in [0.25, 0.3) is 0 Å². The van der Waals surface area contributed by atoms with Gasteiger partial charge < -0.3 is 10.1 Å². The zero-order valence-corrected chi connectivity index (χ0v) is 7.80. The van der Waals surface area contributed by atoms with Gasteiger partial charge in [0.05, 0.1) is 7.11 Å². The lowest BCUT2D eigenvalue weighted by atomic mass is 9.90. The molecule has 70 valence electrons. The van der Waals surface area contributed by atoms with Crippen molar-refractivity contribution < 1.29 is 9.53 Å². The second-order valence-electron chi connectivity index (χ2n) is 3.65. The first kappa shape index (κ1) is 9.52. The van der Waals surface area contributed by atoms with Gasteiger partial charge in [-0.2, -0.15) is 0 Å². The Labute approximate surface area is 73.5 Å². The van der Waals surface area contributed by atoms with Crippen molar-refractivity contribution in [3.8, 4) is 0 Å². The number of carbonyl (C=O) groups is 1. The largest absolute Gasteiger partial charge is 0.469 e. The molecule has 0 spiro atoms. The van der Waals surface area contributed by atoms with Crippen LogP contribution < -0.4 is 5.32 Å². The number of carbonyl (C=O) groups excluding carboxylic acids is 1. The van der Waals surface area contributed by atoms with Crippen LogP contribution in [0.25, 0.3) is 0 Å². The molecule has 1 aliphatic heterocycles. The van der Waals surface area contributed by atoms with E-state index < -0.39 is 0 Å². The van der Waals surface area contributed by atoms with E-state index in [1.807, 2.05) is 0 Å². The summed E-state index contributed by atoms with van der Waals surface area (Å²) in [6.45, 7) is 4.24. The van der Waals surface area contributed by atoms with Crippen LogP contribution in [0, 0.1) is 11.8 Å². The topological polar surface area (TPSA) is 38.3 Å². The minimum atomic E-state index is -0.0871. The molecule has 1 heterocycles. The normalized spacial score (nSPS) is 29.8. The molecule has 1 fully saturated rings. The van der Waals surface area contributed by atoms with Gasteiger partial charge in [0.2, 0.25) is 0 Å². The number of methoxy groups -OCH3 is 1. The Hall–Kier alpha value is -0.570. The standard InChI is InChI=1S/C9H17NO2/c1-7-3-8(6-10-5-7)4-9(11)12-2/h7-8,10H,3-6H2,1-2H3/t7-,8+/m0/s1. The number of esters is 1. The molecule has 0 amide bonds. The summed E-state index contributed by atoms with van der Waals surface area (Å²) >= 11 is 0. The Morgan fingerprint density at radius 3 is 2.92 bits per heavy atom. The van der Waals surface area contributed by atoms with Gasteiger partial charge in [-0.15, -0.1) is 0 Å². The fourth-order valence-corrected chi connectivity index (χ4v) is 1.74. The lowest BCUT2D eigenvalue weighted by Crippen LogP contribution is -2.36. The van der Waals surface area contributed by atoms with Gasteiger partial charge in [-0.3, -0.25) is 4.79 Å². The summed E-state index contributed by atoms with van der Waals surface area (Å²) in [5, 5.41) is 3.31. The van der Waals surface area contributed by atoms with Gasteiger partial charge in [-0.1, -0.05) is 6.92 Å². The SMILES string of the molecule is COC(=O)C[C@@H]1CNC[C@@H](C)C1. The summed E-state index contributed by atoms with van der Waals surface area (Å²) in [6, 6.07) is 0. The maximum atomic E-state index is 10.9. The summed E-state index contributed by atoms with van der Waals surface area (Å²) in [5.74, 6) is 1.07. The highest BCUT2D eigenvalue weighted by Crippen LogP contribution is 2.18. The molecular formula is C9H17NO2. The van der Waals surface area contributed by atoms with E-state index in [0.717, 1.165) is 19.5 Å². The van der Waals surface area contributed by atoms with Crippen molar-refractivity contribution in [2.24, 2.45) is 11.8 Å². The predicted octanol–water partition coefficient (Wildman–Crippen LogP) is 0.795. The van der Waals surface area contributed by atoms with Crippen LogP contribution in [0.4, 0.5) is 0 Å². The average molecular weight is 171 g/mol. The molecule has 2 atom stereocenters. The van der Waals surface area contributed by atoms with Gasteiger partial charge in [-0.05, 0) is 31.3 Å². The highest BCUT2D eigenvalue weighted by atomic mass is 16.5. The molecule has 0 aromatic heterocycles. The zero-order valence-electron chi connectivity index (χ0n) is 7.80. The maximum Gasteiger partial charge on any atom is 0.305 e. The molecule has 3 nitrogen and oxygen atoms in total. The molecule has 1 N–H and O–H groups in total. The molecule has 0 radical (unpaired) electrons. The van der Waals surface area contributed by atoms with E-state index in [2.05, 4.69) is 17.0 Å². The fourth-order valence-electron chi connectivity index (χ4n) is 1.74. The molecule has 0 unspecified atom stereocenters. The monoisotopic (exact) mass is 171 g/mol. The minimum Gasteiger partial charge on any atom is -0.469 e. The Kier molecular flexibility index (Phi) is 3.53. The number of piperidine rings is 1. The number of hydrogen-bond acceptors (Lipinski definition) is 3. The van der Waals surface area contributed by atoms with Gasteiger partial charge in [-0.25, -0.2) is 0 Å². The number of hydrogen-bond donors (Lipinski definition) is 1. The molecule has 0 saturated carbocycles. The maximum absolute atomic E-state index is 10.9. The van der Waals surface area contributed by atoms with E-state index in [1.165, 1.54) is 7.11 Å². The quantitative estimate of drug-likeness (QED) is 0.624. The molecular weight excluding hydrogens is 154 g/mol. The summed E-state index contributed by atoms with van der Waals surface area (Å²) < 4.78 is 4.62. The lowest BCUT2D eigenvalue weighted by molar-refractivity contribution is -0.141. The van der Waals surface area contributed by atoms with Crippen molar-refractivity contribution in [1.29, 1.82) is 0 Å². The van der Waals surface area contributed by atoms with Crippen molar-refractivity contribution in [2.75, 3.05) is 20.2 Å². The van der Waals surface area contributed by atoms with Gasteiger partial charge in [0.15, 0.2) is 0 Å². The molecule has 0 aromatic carbocycles. The number of ether oxygens (including phenoxy) is 1. The third kappa shape index (κ3) is 2.81. The molecule has 1 rings (SSSR count). The van der Waals surface area contributed by atoms with Gasteiger partial charge in [0.1, 0.15) is 0 Å². The Morgan fingerprint density at radius 1 is 1.58 bits per heavy atom. The zero-order chi connectivity index (χ0) is 8.97. The highest BCUT2D eigenvalue weighted by molar-refractivity contribution is 5.69. The molecule has 1 saturated heterocycles. The average Bonchev–Trinajstić information content (AvgIpc) is 2.04. The van der Waals surface area contributed by atoms with Crippen molar-refractivity contribution >= 4 is 5.97 Å². The highest BCUT2D eigenvalue weighted by Gasteiger charge is 2.20. The fraction of sp³-hybridized carbons (Fsp3) is 0.889. The molecule has 0 aromatic rings. The number of nitrogens with one attached hydrogen (secondary N) is 1. The summed E-state index contributed by atoms with van der Waals surface area (Å²) in [7, 11) is 1.45. The van der Waals surface area contributed by atoms with Crippen molar-refractivity contribution in [1.82, 2.24) is 5.32 Å². The van der Waals surface area contributed by atoms with Crippen LogP contribution in [0.15, 0.2) is 0 Å². The number of rotatable bonds is 2. The van der Waals surface area contributed by atoms with Crippen LogP contribution in [0.3, 0.4) is 0 Å². The Balaban J connectivity index is 2.27. The first-order chi connectivity index (χ1) is 5.72. The minimum absolute atomic E-state index is 0.0871. The van der Waals surface area contributed by atoms with E-state index >= 15 is 0 Å². The smallest absolute Gasteiger partial charge is 0.305 e. The first-order valence-corrected chi connectivity index (χ1v) is 4.50. The van der Waals surface area contributed by atoms with Crippen molar-refractivity contribution in [3.05, 3.63) is 0 Å². The van der Waals surface area contributed by atoms with E-state index in [0.29, 0.717) is 18.3 Å². The predicted molar refractivity (Wildman–Crippen MR) is 46.8 cm³/mol. The molecule has 3 heteroatoms. The van der Waals surface area contributed by atoms with Gasteiger partial charge in [0, 0.05) is 6.42 Å². The Bertz CT molecular complexity index is 159. The van der Waals surface area contributed by atoms with Gasteiger partial charge >= 0.3 is 5.97 Å². The molecule has 0 bridgehead atoms.